The summed E-state index contributed by atoms with van der Waals surface area (Å²) in [5, 5.41) is 10.8. The smallest absolute Gasteiger partial charge is 0.288 e. The van der Waals surface area contributed by atoms with Crippen molar-refractivity contribution in [1.29, 1.82) is 0 Å². The van der Waals surface area contributed by atoms with Gasteiger partial charge in [0, 0.05) is 24.7 Å². The molecule has 1 fully saturated rings. The minimum absolute atomic E-state index is 0.139. The maximum Gasteiger partial charge on any atom is 0.288 e. The number of amides is 1. The van der Waals surface area contributed by atoms with Crippen molar-refractivity contribution in [3.63, 3.8) is 0 Å². The number of carbonyl (C=O) groups is 1. The van der Waals surface area contributed by atoms with Crippen LogP contribution in [0.15, 0.2) is 17.1 Å². The first-order valence-electron chi connectivity index (χ1n) is 6.12. The predicted molar refractivity (Wildman–Crippen MR) is 67.9 cm³/mol. The second kappa shape index (κ2) is 5.21. The van der Waals surface area contributed by atoms with Crippen molar-refractivity contribution in [2.75, 3.05) is 13.1 Å². The molecular formula is C12H15N3O4. The Labute approximate surface area is 109 Å². The topological polar surface area (TPSA) is 85.5 Å². The molecule has 0 aliphatic carbocycles. The lowest BCUT2D eigenvalue weighted by atomic mass is 10.2. The van der Waals surface area contributed by atoms with E-state index in [0.717, 1.165) is 23.6 Å². The zero-order valence-corrected chi connectivity index (χ0v) is 10.7. The third-order valence-electron chi connectivity index (χ3n) is 3.27. The molecule has 0 bridgehead atoms. The normalized spacial score (nSPS) is 14.7. The Morgan fingerprint density at radius 1 is 1.42 bits per heavy atom. The number of hydrogen-bond acceptors (Lipinski definition) is 4. The highest BCUT2D eigenvalue weighted by molar-refractivity contribution is 5.76. The number of nitrogens with zero attached hydrogens (tertiary/aromatic N) is 3. The molecule has 2 heterocycles. The second-order valence-corrected chi connectivity index (χ2v) is 4.65. The van der Waals surface area contributed by atoms with E-state index in [1.165, 1.54) is 13.0 Å². The Kier molecular flexibility index (Phi) is 3.64. The molecule has 19 heavy (non-hydrogen) atoms. The minimum atomic E-state index is -0.550. The fourth-order valence-corrected chi connectivity index (χ4v) is 2.18. The Bertz CT molecular complexity index is 573. The van der Waals surface area contributed by atoms with Crippen LogP contribution in [0.5, 0.6) is 0 Å². The van der Waals surface area contributed by atoms with Crippen LogP contribution < -0.4 is 5.56 Å². The average molecular weight is 265 g/mol. The standard InChI is InChI=1S/C12H15N3O4/c1-9-6-11(16)14(7-10(9)15(18)19)8-12(17)13-4-2-3-5-13/h6-7H,2-5,8H2,1H3. The SMILES string of the molecule is Cc1cc(=O)n(CC(=O)N2CCCC2)cc1[N+](=O)[O-]. The number of hydrogen-bond donors (Lipinski definition) is 0. The summed E-state index contributed by atoms with van der Waals surface area (Å²) < 4.78 is 1.10. The number of nitro groups is 1. The lowest BCUT2D eigenvalue weighted by molar-refractivity contribution is -0.385. The van der Waals surface area contributed by atoms with Gasteiger partial charge in [-0.2, -0.15) is 0 Å². The minimum Gasteiger partial charge on any atom is -0.341 e. The van der Waals surface area contributed by atoms with Crippen molar-refractivity contribution in [2.24, 2.45) is 0 Å². The molecule has 0 aromatic carbocycles. The van der Waals surface area contributed by atoms with Gasteiger partial charge in [0.2, 0.25) is 5.91 Å². The van der Waals surface area contributed by atoms with Crippen LogP contribution in [0, 0.1) is 17.0 Å². The maximum absolute atomic E-state index is 11.9. The van der Waals surface area contributed by atoms with E-state index in [-0.39, 0.29) is 18.1 Å². The Balaban J connectivity index is 2.24. The van der Waals surface area contributed by atoms with E-state index in [2.05, 4.69) is 0 Å². The molecule has 7 nitrogen and oxygen atoms in total. The third kappa shape index (κ3) is 2.81. The number of rotatable bonds is 3. The Hall–Kier alpha value is -2.18. The van der Waals surface area contributed by atoms with Crippen molar-refractivity contribution in [3.8, 4) is 0 Å². The largest absolute Gasteiger partial charge is 0.341 e. The van der Waals surface area contributed by atoms with Gasteiger partial charge in [0.05, 0.1) is 11.1 Å². The molecule has 0 atom stereocenters. The highest BCUT2D eigenvalue weighted by Crippen LogP contribution is 2.14. The average Bonchev–Trinajstić information content (AvgIpc) is 2.85. The highest BCUT2D eigenvalue weighted by atomic mass is 16.6. The van der Waals surface area contributed by atoms with Crippen LogP contribution in [0.3, 0.4) is 0 Å². The van der Waals surface area contributed by atoms with Gasteiger partial charge in [-0.1, -0.05) is 0 Å². The zero-order valence-electron chi connectivity index (χ0n) is 10.7. The number of likely N-dealkylation sites (tertiary alicyclic amines) is 1. The third-order valence-corrected chi connectivity index (χ3v) is 3.27. The Morgan fingerprint density at radius 3 is 2.63 bits per heavy atom. The molecule has 7 heteroatoms. The molecule has 0 N–H and O–H groups in total. The number of aromatic nitrogens is 1. The second-order valence-electron chi connectivity index (χ2n) is 4.65. The van der Waals surface area contributed by atoms with Gasteiger partial charge in [-0.25, -0.2) is 0 Å². The molecule has 1 aromatic rings. The van der Waals surface area contributed by atoms with Gasteiger partial charge < -0.3 is 4.90 Å². The zero-order chi connectivity index (χ0) is 14.0. The molecule has 1 amide bonds. The molecule has 1 aliphatic rings. The molecule has 2 rings (SSSR count). The quantitative estimate of drug-likeness (QED) is 0.594. The predicted octanol–water partition coefficient (Wildman–Crippen LogP) is 0.687. The number of pyridine rings is 1. The molecule has 0 radical (unpaired) electrons. The lowest BCUT2D eigenvalue weighted by Gasteiger charge is -2.15. The van der Waals surface area contributed by atoms with E-state index in [1.807, 2.05) is 0 Å². The molecule has 0 saturated carbocycles. The van der Waals surface area contributed by atoms with E-state index in [4.69, 9.17) is 0 Å². The number of aryl methyl sites for hydroxylation is 1. The lowest BCUT2D eigenvalue weighted by Crippen LogP contribution is -2.34. The summed E-state index contributed by atoms with van der Waals surface area (Å²) in [4.78, 5) is 35.6. The molecule has 0 spiro atoms. The van der Waals surface area contributed by atoms with Gasteiger partial charge in [-0.05, 0) is 19.8 Å². The molecule has 1 aliphatic heterocycles. The summed E-state index contributed by atoms with van der Waals surface area (Å²) in [6.07, 6.45) is 3.08. The van der Waals surface area contributed by atoms with Crippen LogP contribution in [0.4, 0.5) is 5.69 Å². The van der Waals surface area contributed by atoms with Crippen LogP contribution in [0.25, 0.3) is 0 Å². The van der Waals surface area contributed by atoms with Crippen molar-refractivity contribution < 1.29 is 9.72 Å². The van der Waals surface area contributed by atoms with Gasteiger partial charge in [0.15, 0.2) is 0 Å². The first-order chi connectivity index (χ1) is 8.99. The highest BCUT2D eigenvalue weighted by Gasteiger charge is 2.20. The van der Waals surface area contributed by atoms with Gasteiger partial charge in [-0.15, -0.1) is 0 Å². The molecule has 1 saturated heterocycles. The van der Waals surface area contributed by atoms with Crippen molar-refractivity contribution in [2.45, 2.75) is 26.3 Å². The molecular weight excluding hydrogens is 250 g/mol. The molecule has 1 aromatic heterocycles. The van der Waals surface area contributed by atoms with Crippen molar-refractivity contribution in [3.05, 3.63) is 38.3 Å². The fourth-order valence-electron chi connectivity index (χ4n) is 2.18. The summed E-state index contributed by atoms with van der Waals surface area (Å²) in [5.74, 6) is -0.169. The van der Waals surface area contributed by atoms with Crippen LogP contribution in [-0.2, 0) is 11.3 Å². The van der Waals surface area contributed by atoms with E-state index in [0.29, 0.717) is 18.7 Å². The van der Waals surface area contributed by atoms with Crippen molar-refractivity contribution >= 4 is 11.6 Å². The summed E-state index contributed by atoms with van der Waals surface area (Å²) in [6.45, 7) is 2.76. The van der Waals surface area contributed by atoms with Crippen LogP contribution in [-0.4, -0.2) is 33.4 Å². The first kappa shape index (κ1) is 13.3. The van der Waals surface area contributed by atoms with E-state index in [9.17, 15) is 19.7 Å². The first-order valence-corrected chi connectivity index (χ1v) is 6.12. The fraction of sp³-hybridized carbons (Fsp3) is 0.500. The summed E-state index contributed by atoms with van der Waals surface area (Å²) in [5.41, 5.74) is -0.232. The van der Waals surface area contributed by atoms with E-state index < -0.39 is 10.5 Å². The van der Waals surface area contributed by atoms with Crippen LogP contribution in [0.2, 0.25) is 0 Å². The molecule has 0 unspecified atom stereocenters. The summed E-state index contributed by atoms with van der Waals surface area (Å²) in [7, 11) is 0. The Morgan fingerprint density at radius 2 is 2.05 bits per heavy atom. The van der Waals surface area contributed by atoms with Crippen LogP contribution in [0.1, 0.15) is 18.4 Å². The summed E-state index contributed by atoms with van der Waals surface area (Å²) >= 11 is 0. The van der Waals surface area contributed by atoms with Crippen LogP contribution >= 0.6 is 0 Å². The van der Waals surface area contributed by atoms with Gasteiger partial charge in [0.25, 0.3) is 11.2 Å². The number of carbonyl (C=O) groups excluding carboxylic acids is 1. The molecule has 102 valence electrons. The van der Waals surface area contributed by atoms with E-state index in [1.54, 1.807) is 4.90 Å². The van der Waals surface area contributed by atoms with Gasteiger partial charge >= 0.3 is 0 Å². The van der Waals surface area contributed by atoms with Crippen molar-refractivity contribution in [1.82, 2.24) is 9.47 Å². The van der Waals surface area contributed by atoms with E-state index >= 15 is 0 Å². The summed E-state index contributed by atoms with van der Waals surface area (Å²) in [6, 6.07) is 1.19. The van der Waals surface area contributed by atoms with Gasteiger partial charge in [0.1, 0.15) is 6.54 Å². The van der Waals surface area contributed by atoms with Gasteiger partial charge in [-0.3, -0.25) is 24.3 Å². The monoisotopic (exact) mass is 265 g/mol. The maximum atomic E-state index is 11.9.